The van der Waals surface area contributed by atoms with Gasteiger partial charge in [-0.15, -0.1) is 0 Å². The minimum absolute atomic E-state index is 0.115. The number of esters is 1. The first kappa shape index (κ1) is 16.8. The van der Waals surface area contributed by atoms with Crippen LogP contribution in [0.4, 0.5) is 0 Å². The highest BCUT2D eigenvalue weighted by molar-refractivity contribution is 9.10. The van der Waals surface area contributed by atoms with Gasteiger partial charge in [0, 0.05) is 15.2 Å². The van der Waals surface area contributed by atoms with E-state index >= 15 is 0 Å². The van der Waals surface area contributed by atoms with Gasteiger partial charge in [-0.2, -0.15) is 0 Å². The first-order valence-corrected chi connectivity index (χ1v) is 9.84. The van der Waals surface area contributed by atoms with E-state index in [1.54, 1.807) is 0 Å². The van der Waals surface area contributed by atoms with Gasteiger partial charge in [0.25, 0.3) is 9.05 Å². The Bertz CT molecular complexity index is 644. The first-order chi connectivity index (χ1) is 9.79. The van der Waals surface area contributed by atoms with Gasteiger partial charge in [-0.05, 0) is 59.3 Å². The third-order valence-electron chi connectivity index (χ3n) is 3.73. The van der Waals surface area contributed by atoms with Crippen molar-refractivity contribution in [3.05, 3.63) is 28.2 Å². The number of hydrogen-bond donors (Lipinski definition) is 0. The van der Waals surface area contributed by atoms with Crippen LogP contribution in [0.5, 0.6) is 0 Å². The molecule has 0 N–H and O–H groups in total. The molecule has 0 amide bonds. The highest BCUT2D eigenvalue weighted by atomic mass is 79.9. The number of carbonyl (C=O) groups excluding carboxylic acids is 1. The van der Waals surface area contributed by atoms with Crippen molar-refractivity contribution in [3.63, 3.8) is 0 Å². The molecule has 0 aliphatic heterocycles. The molecule has 0 radical (unpaired) electrons. The molecule has 1 aromatic carbocycles. The molecule has 2 rings (SSSR count). The zero-order valence-corrected chi connectivity index (χ0v) is 14.7. The van der Waals surface area contributed by atoms with Crippen LogP contribution in [0.1, 0.15) is 43.0 Å². The summed E-state index contributed by atoms with van der Waals surface area (Å²) in [6.45, 7) is 2.06. The monoisotopic (exact) mass is 394 g/mol. The van der Waals surface area contributed by atoms with Crippen LogP contribution in [-0.4, -0.2) is 20.5 Å². The molecule has 1 fully saturated rings. The Morgan fingerprint density at radius 1 is 1.33 bits per heavy atom. The summed E-state index contributed by atoms with van der Waals surface area (Å²) in [5, 5.41) is 0. The summed E-state index contributed by atoms with van der Waals surface area (Å²) in [5.74, 6) is -0.204. The van der Waals surface area contributed by atoms with Crippen molar-refractivity contribution in [2.75, 3.05) is 0 Å². The van der Waals surface area contributed by atoms with E-state index < -0.39 is 15.0 Å². The second kappa shape index (κ2) is 6.67. The second-order valence-electron chi connectivity index (χ2n) is 5.29. The smallest absolute Gasteiger partial charge is 0.339 e. The minimum atomic E-state index is -3.88. The zero-order valence-electron chi connectivity index (χ0n) is 11.5. The van der Waals surface area contributed by atoms with E-state index in [1.807, 2.05) is 0 Å². The van der Waals surface area contributed by atoms with Crippen molar-refractivity contribution in [2.24, 2.45) is 5.92 Å². The SMILES string of the molecule is CC1CCCCC1OC(=O)c1cc(S(=O)(=O)Cl)ccc1Br. The van der Waals surface area contributed by atoms with Crippen LogP contribution in [0.25, 0.3) is 0 Å². The predicted molar refractivity (Wildman–Crippen MR) is 84.0 cm³/mol. The molecular formula is C14H16BrClO4S. The third kappa shape index (κ3) is 4.20. The lowest BCUT2D eigenvalue weighted by Crippen LogP contribution is -2.28. The molecule has 1 aromatic rings. The normalized spacial score (nSPS) is 22.8. The first-order valence-electron chi connectivity index (χ1n) is 6.74. The van der Waals surface area contributed by atoms with Crippen LogP contribution in [0, 0.1) is 5.92 Å². The van der Waals surface area contributed by atoms with Crippen LogP contribution in [-0.2, 0) is 13.8 Å². The lowest BCUT2D eigenvalue weighted by Gasteiger charge is -2.28. The molecule has 0 bridgehead atoms. The van der Waals surface area contributed by atoms with E-state index in [0.717, 1.165) is 25.7 Å². The van der Waals surface area contributed by atoms with Crippen LogP contribution >= 0.6 is 26.6 Å². The Balaban J connectivity index is 2.22. The van der Waals surface area contributed by atoms with Crippen molar-refractivity contribution >= 4 is 41.6 Å². The van der Waals surface area contributed by atoms with Gasteiger partial charge in [0.2, 0.25) is 0 Å². The maximum absolute atomic E-state index is 12.3. The van der Waals surface area contributed by atoms with Crippen LogP contribution in [0.15, 0.2) is 27.6 Å². The molecule has 0 aromatic heterocycles. The molecule has 0 spiro atoms. The van der Waals surface area contributed by atoms with E-state index in [-0.39, 0.29) is 16.6 Å². The molecular weight excluding hydrogens is 380 g/mol. The van der Waals surface area contributed by atoms with E-state index in [4.69, 9.17) is 15.4 Å². The quantitative estimate of drug-likeness (QED) is 0.571. The van der Waals surface area contributed by atoms with Crippen LogP contribution in [0.2, 0.25) is 0 Å². The summed E-state index contributed by atoms with van der Waals surface area (Å²) in [6, 6.07) is 4.06. The van der Waals surface area contributed by atoms with Gasteiger partial charge in [-0.3, -0.25) is 0 Å². The number of halogens is 2. The van der Waals surface area contributed by atoms with Crippen LogP contribution < -0.4 is 0 Å². The fraction of sp³-hybridized carbons (Fsp3) is 0.500. The molecule has 4 nitrogen and oxygen atoms in total. The van der Waals surface area contributed by atoms with Gasteiger partial charge in [-0.25, -0.2) is 13.2 Å². The second-order valence-corrected chi connectivity index (χ2v) is 8.71. The molecule has 0 saturated heterocycles. The number of ether oxygens (including phenoxy) is 1. The number of hydrogen-bond acceptors (Lipinski definition) is 4. The largest absolute Gasteiger partial charge is 0.458 e. The van der Waals surface area contributed by atoms with Crippen molar-refractivity contribution in [1.29, 1.82) is 0 Å². The van der Waals surface area contributed by atoms with Crippen LogP contribution in [0.3, 0.4) is 0 Å². The topological polar surface area (TPSA) is 60.4 Å². The highest BCUT2D eigenvalue weighted by Gasteiger charge is 2.26. The molecule has 1 aliphatic rings. The van der Waals surface area contributed by atoms with Gasteiger partial charge >= 0.3 is 5.97 Å². The van der Waals surface area contributed by atoms with Gasteiger partial charge < -0.3 is 4.74 Å². The molecule has 21 heavy (non-hydrogen) atoms. The minimum Gasteiger partial charge on any atom is -0.458 e. The summed E-state index contributed by atoms with van der Waals surface area (Å²) in [5.41, 5.74) is 0.175. The predicted octanol–water partition coefficient (Wildman–Crippen LogP) is 4.11. The Hall–Kier alpha value is -0.590. The van der Waals surface area contributed by atoms with Gasteiger partial charge in [-0.1, -0.05) is 13.3 Å². The van der Waals surface area contributed by atoms with E-state index in [0.29, 0.717) is 10.4 Å². The van der Waals surface area contributed by atoms with Gasteiger partial charge in [0.05, 0.1) is 10.5 Å². The summed E-state index contributed by atoms with van der Waals surface area (Å²) >= 11 is 3.24. The van der Waals surface area contributed by atoms with Crippen molar-refractivity contribution in [2.45, 2.75) is 43.6 Å². The van der Waals surface area contributed by atoms with E-state index in [2.05, 4.69) is 22.9 Å². The molecule has 2 unspecified atom stereocenters. The van der Waals surface area contributed by atoms with Crippen molar-refractivity contribution in [1.82, 2.24) is 0 Å². The molecule has 7 heteroatoms. The van der Waals surface area contributed by atoms with Gasteiger partial charge in [0.1, 0.15) is 6.10 Å². The summed E-state index contributed by atoms with van der Waals surface area (Å²) in [6.07, 6.45) is 3.96. The molecule has 1 aliphatic carbocycles. The average molecular weight is 396 g/mol. The lowest BCUT2D eigenvalue weighted by molar-refractivity contribution is 0.00469. The van der Waals surface area contributed by atoms with Crippen molar-refractivity contribution < 1.29 is 17.9 Å². The number of carbonyl (C=O) groups is 1. The average Bonchev–Trinajstić information content (AvgIpc) is 2.40. The third-order valence-corrected chi connectivity index (χ3v) is 5.77. The Labute approximate surface area is 137 Å². The summed E-state index contributed by atoms with van der Waals surface area (Å²) < 4.78 is 28.7. The lowest BCUT2D eigenvalue weighted by atomic mass is 9.88. The maximum atomic E-state index is 12.3. The Morgan fingerprint density at radius 2 is 2.00 bits per heavy atom. The summed E-state index contributed by atoms with van der Waals surface area (Å²) in [4.78, 5) is 12.2. The zero-order chi connectivity index (χ0) is 15.6. The molecule has 2 atom stereocenters. The fourth-order valence-electron chi connectivity index (χ4n) is 2.47. The summed E-state index contributed by atoms with van der Waals surface area (Å²) in [7, 11) is 1.43. The Kier molecular flexibility index (Phi) is 5.33. The Morgan fingerprint density at radius 3 is 2.62 bits per heavy atom. The maximum Gasteiger partial charge on any atom is 0.339 e. The van der Waals surface area contributed by atoms with Crippen molar-refractivity contribution in [3.8, 4) is 0 Å². The number of benzene rings is 1. The van der Waals surface area contributed by atoms with E-state index in [1.165, 1.54) is 18.2 Å². The molecule has 116 valence electrons. The molecule has 0 heterocycles. The van der Waals surface area contributed by atoms with Gasteiger partial charge in [0.15, 0.2) is 0 Å². The number of rotatable bonds is 3. The van der Waals surface area contributed by atoms with E-state index in [9.17, 15) is 13.2 Å². The fourth-order valence-corrected chi connectivity index (χ4v) is 3.66. The standard InChI is InChI=1S/C14H16BrClO4S/c1-9-4-2-3-5-13(9)20-14(17)11-8-10(21(16,18)19)6-7-12(11)15/h6-9,13H,2-5H2,1H3. The molecule has 1 saturated carbocycles. The highest BCUT2D eigenvalue weighted by Crippen LogP contribution is 2.29.